The van der Waals surface area contributed by atoms with Crippen LogP contribution in [0.4, 0.5) is 5.95 Å². The zero-order valence-corrected chi connectivity index (χ0v) is 12.9. The lowest BCUT2D eigenvalue weighted by Crippen LogP contribution is -2.28. The van der Waals surface area contributed by atoms with E-state index >= 15 is 0 Å². The molecule has 1 N–H and O–H groups in total. The van der Waals surface area contributed by atoms with Crippen LogP contribution in [0, 0.1) is 6.92 Å². The highest BCUT2D eigenvalue weighted by Crippen LogP contribution is 2.37. The van der Waals surface area contributed by atoms with Crippen molar-refractivity contribution in [3.05, 3.63) is 42.2 Å². The summed E-state index contributed by atoms with van der Waals surface area (Å²) in [5.41, 5.74) is 2.19. The van der Waals surface area contributed by atoms with Crippen molar-refractivity contribution < 1.29 is 0 Å². The molecule has 1 aliphatic heterocycles. The Morgan fingerprint density at radius 3 is 2.85 bits per heavy atom. The van der Waals surface area contributed by atoms with Crippen LogP contribution >= 0.6 is 11.8 Å². The number of para-hydroxylation sites is 1. The Kier molecular flexibility index (Phi) is 3.74. The maximum absolute atomic E-state index is 4.62. The summed E-state index contributed by atoms with van der Waals surface area (Å²) in [6.45, 7) is 5.36. The molecule has 1 fully saturated rings. The second-order valence-electron chi connectivity index (χ2n) is 5.67. The Balaban J connectivity index is 1.80. The molecule has 0 saturated carbocycles. The molecule has 0 aliphatic carbocycles. The third kappa shape index (κ3) is 2.85. The van der Waals surface area contributed by atoms with Gasteiger partial charge in [-0.25, -0.2) is 4.98 Å². The summed E-state index contributed by atoms with van der Waals surface area (Å²) >= 11 is 2.07. The molecular formula is C16H21N3S. The third-order valence-corrected chi connectivity index (χ3v) is 5.32. The van der Waals surface area contributed by atoms with E-state index in [2.05, 4.69) is 64.0 Å². The van der Waals surface area contributed by atoms with Crippen LogP contribution < -0.4 is 5.32 Å². The predicted molar refractivity (Wildman–Crippen MR) is 86.9 cm³/mol. The number of hydrogen-bond acceptors (Lipinski definition) is 3. The molecule has 2 aromatic rings. The molecule has 106 valence electrons. The number of hydrogen-bond donors (Lipinski definition) is 1. The van der Waals surface area contributed by atoms with Crippen LogP contribution in [-0.4, -0.2) is 26.6 Å². The van der Waals surface area contributed by atoms with Gasteiger partial charge in [0.1, 0.15) is 0 Å². The number of aromatic nitrogens is 2. The maximum Gasteiger partial charge on any atom is 0.207 e. The van der Waals surface area contributed by atoms with Gasteiger partial charge in [-0.05, 0) is 44.6 Å². The number of aryl methyl sites for hydroxylation is 1. The highest BCUT2D eigenvalue weighted by Gasteiger charge is 2.29. The molecule has 0 amide bonds. The molecular weight excluding hydrogens is 266 g/mol. The van der Waals surface area contributed by atoms with Crippen LogP contribution in [0.3, 0.4) is 0 Å². The van der Waals surface area contributed by atoms with Crippen molar-refractivity contribution in [2.75, 3.05) is 17.6 Å². The molecule has 4 heteroatoms. The van der Waals surface area contributed by atoms with Gasteiger partial charge in [0.2, 0.25) is 5.95 Å². The lowest BCUT2D eigenvalue weighted by molar-refractivity contribution is 0.631. The number of thioether (sulfide) groups is 1. The first-order valence-electron chi connectivity index (χ1n) is 7.16. The van der Waals surface area contributed by atoms with E-state index in [1.807, 2.05) is 13.0 Å². The molecule has 0 radical (unpaired) electrons. The van der Waals surface area contributed by atoms with Crippen molar-refractivity contribution in [3.63, 3.8) is 0 Å². The molecule has 3 rings (SSSR count). The van der Waals surface area contributed by atoms with E-state index in [1.165, 1.54) is 18.6 Å². The smallest absolute Gasteiger partial charge is 0.207 e. The minimum absolute atomic E-state index is 0.349. The number of benzene rings is 1. The summed E-state index contributed by atoms with van der Waals surface area (Å²) in [5, 5.41) is 3.55. The van der Waals surface area contributed by atoms with E-state index in [-0.39, 0.29) is 0 Å². The molecule has 1 aromatic carbocycles. The fraction of sp³-hybridized carbons (Fsp3) is 0.438. The van der Waals surface area contributed by atoms with Crippen molar-refractivity contribution >= 4 is 17.7 Å². The van der Waals surface area contributed by atoms with Gasteiger partial charge >= 0.3 is 0 Å². The Morgan fingerprint density at radius 2 is 2.15 bits per heavy atom. The first-order chi connectivity index (χ1) is 9.66. The van der Waals surface area contributed by atoms with Gasteiger partial charge in [-0.15, -0.1) is 0 Å². The molecule has 3 nitrogen and oxygen atoms in total. The fourth-order valence-corrected chi connectivity index (χ4v) is 3.89. The third-order valence-electron chi connectivity index (χ3n) is 3.78. The Bertz CT molecular complexity index is 571. The summed E-state index contributed by atoms with van der Waals surface area (Å²) in [6, 6.07) is 10.4. The van der Waals surface area contributed by atoms with Gasteiger partial charge in [-0.2, -0.15) is 11.8 Å². The largest absolute Gasteiger partial charge is 0.354 e. The maximum atomic E-state index is 4.62. The van der Waals surface area contributed by atoms with E-state index in [4.69, 9.17) is 0 Å². The van der Waals surface area contributed by atoms with Crippen LogP contribution in [0.15, 0.2) is 36.5 Å². The normalized spacial score (nSPS) is 22.1. The number of nitrogens with one attached hydrogen (secondary N) is 1. The molecule has 1 saturated heterocycles. The average Bonchev–Trinajstić information content (AvgIpc) is 3.04. The van der Waals surface area contributed by atoms with Gasteiger partial charge in [0.15, 0.2) is 0 Å². The summed E-state index contributed by atoms with van der Waals surface area (Å²) in [4.78, 5) is 4.62. The van der Waals surface area contributed by atoms with Crippen LogP contribution in [0.5, 0.6) is 0 Å². The van der Waals surface area contributed by atoms with Crippen LogP contribution in [0.1, 0.15) is 25.5 Å². The number of imidazole rings is 1. The lowest BCUT2D eigenvalue weighted by Gasteiger charge is -2.23. The quantitative estimate of drug-likeness (QED) is 0.925. The highest BCUT2D eigenvalue weighted by atomic mass is 32.2. The lowest BCUT2D eigenvalue weighted by atomic mass is 10.1. The molecule has 1 aliphatic rings. The summed E-state index contributed by atoms with van der Waals surface area (Å²) in [6.07, 6.45) is 4.70. The van der Waals surface area contributed by atoms with Crippen LogP contribution in [0.25, 0.3) is 5.69 Å². The Hall–Kier alpha value is -1.42. The van der Waals surface area contributed by atoms with Gasteiger partial charge in [0.05, 0.1) is 5.69 Å². The molecule has 2 heterocycles. The van der Waals surface area contributed by atoms with E-state index in [9.17, 15) is 0 Å². The molecule has 1 atom stereocenters. The second-order valence-corrected chi connectivity index (χ2v) is 7.35. The van der Waals surface area contributed by atoms with E-state index in [0.29, 0.717) is 4.75 Å². The van der Waals surface area contributed by atoms with Gasteiger partial charge in [-0.1, -0.05) is 18.2 Å². The molecule has 1 unspecified atom stereocenters. The van der Waals surface area contributed by atoms with E-state index in [0.717, 1.165) is 23.9 Å². The standard InChI is InChI=1S/C16H21N3S/c1-13-11-19(14-7-4-3-5-8-14)15(18-13)17-12-16(2)9-6-10-20-16/h3-5,7-8,11H,6,9-10,12H2,1-2H3,(H,17,18). The van der Waals surface area contributed by atoms with Gasteiger partial charge in [-0.3, -0.25) is 4.57 Å². The Labute approximate surface area is 124 Å². The topological polar surface area (TPSA) is 29.9 Å². The second kappa shape index (κ2) is 5.52. The Morgan fingerprint density at radius 1 is 1.35 bits per heavy atom. The average molecular weight is 287 g/mol. The number of nitrogens with zero attached hydrogens (tertiary/aromatic N) is 2. The van der Waals surface area contributed by atoms with Gasteiger partial charge in [0, 0.05) is 23.2 Å². The first-order valence-corrected chi connectivity index (χ1v) is 8.14. The van der Waals surface area contributed by atoms with Crippen molar-refractivity contribution in [1.29, 1.82) is 0 Å². The van der Waals surface area contributed by atoms with Crippen LogP contribution in [0.2, 0.25) is 0 Å². The van der Waals surface area contributed by atoms with Gasteiger partial charge < -0.3 is 5.32 Å². The number of rotatable bonds is 4. The molecule has 0 spiro atoms. The van der Waals surface area contributed by atoms with E-state index in [1.54, 1.807) is 0 Å². The van der Waals surface area contributed by atoms with Crippen molar-refractivity contribution in [3.8, 4) is 5.69 Å². The summed E-state index contributed by atoms with van der Waals surface area (Å²) in [7, 11) is 0. The van der Waals surface area contributed by atoms with Crippen molar-refractivity contribution in [2.24, 2.45) is 0 Å². The highest BCUT2D eigenvalue weighted by molar-refractivity contribution is 8.00. The minimum Gasteiger partial charge on any atom is -0.354 e. The monoisotopic (exact) mass is 287 g/mol. The predicted octanol–water partition coefficient (Wildman–Crippen LogP) is 3.88. The van der Waals surface area contributed by atoms with Crippen molar-refractivity contribution in [2.45, 2.75) is 31.4 Å². The zero-order valence-electron chi connectivity index (χ0n) is 12.1. The SMILES string of the molecule is Cc1cn(-c2ccccc2)c(NCC2(C)CCCS2)n1. The first kappa shape index (κ1) is 13.6. The summed E-state index contributed by atoms with van der Waals surface area (Å²) < 4.78 is 2.49. The van der Waals surface area contributed by atoms with Crippen LogP contribution in [-0.2, 0) is 0 Å². The number of anilines is 1. The molecule has 20 heavy (non-hydrogen) atoms. The van der Waals surface area contributed by atoms with E-state index < -0.39 is 0 Å². The molecule has 1 aromatic heterocycles. The van der Waals surface area contributed by atoms with Gasteiger partial charge in [0.25, 0.3) is 0 Å². The fourth-order valence-electron chi connectivity index (χ4n) is 2.65. The van der Waals surface area contributed by atoms with Crippen molar-refractivity contribution in [1.82, 2.24) is 9.55 Å². The molecule has 0 bridgehead atoms. The zero-order chi connectivity index (χ0) is 14.0. The summed E-state index contributed by atoms with van der Waals surface area (Å²) in [5.74, 6) is 2.23. The minimum atomic E-state index is 0.349.